The third kappa shape index (κ3) is 5.55. The summed E-state index contributed by atoms with van der Waals surface area (Å²) < 4.78 is 21.1. The van der Waals surface area contributed by atoms with Crippen LogP contribution >= 0.6 is 11.8 Å². The molecule has 0 saturated carbocycles. The van der Waals surface area contributed by atoms with E-state index in [4.69, 9.17) is 18.9 Å². The van der Waals surface area contributed by atoms with Crippen molar-refractivity contribution in [3.8, 4) is 29.1 Å². The van der Waals surface area contributed by atoms with Crippen molar-refractivity contribution >= 4 is 29.3 Å². The first-order valence-corrected chi connectivity index (χ1v) is 11.2. The molecule has 0 aliphatic carbocycles. The highest BCUT2D eigenvalue weighted by atomic mass is 32.2. The number of methoxy groups -OCH3 is 4. The first kappa shape index (κ1) is 24.8. The van der Waals surface area contributed by atoms with Crippen molar-refractivity contribution in [2.75, 3.05) is 39.5 Å². The van der Waals surface area contributed by atoms with Crippen LogP contribution in [0.3, 0.4) is 0 Å². The molecule has 0 bridgehead atoms. The lowest BCUT2D eigenvalue weighted by Gasteiger charge is -2.25. The third-order valence-corrected chi connectivity index (χ3v) is 6.21. The Labute approximate surface area is 202 Å². The van der Waals surface area contributed by atoms with Crippen LogP contribution in [-0.2, 0) is 9.59 Å². The molecule has 1 unspecified atom stereocenters. The molecule has 1 heterocycles. The van der Waals surface area contributed by atoms with Gasteiger partial charge in [0.1, 0.15) is 11.5 Å². The van der Waals surface area contributed by atoms with Gasteiger partial charge in [-0.3, -0.25) is 9.59 Å². The smallest absolute Gasteiger partial charge is 0.234 e. The minimum atomic E-state index is -0.470. The average Bonchev–Trinajstić information content (AvgIpc) is 2.86. The fraction of sp³-hybridized carbons (Fsp3) is 0.292. The lowest BCUT2D eigenvalue weighted by atomic mass is 9.87. The van der Waals surface area contributed by atoms with Gasteiger partial charge in [0.15, 0.2) is 11.5 Å². The molecule has 10 heteroatoms. The van der Waals surface area contributed by atoms with Crippen molar-refractivity contribution in [3.63, 3.8) is 0 Å². The summed E-state index contributed by atoms with van der Waals surface area (Å²) in [6.07, 6.45) is 0.107. The fourth-order valence-electron chi connectivity index (χ4n) is 3.52. The first-order valence-electron chi connectivity index (χ1n) is 10.2. The molecule has 9 nitrogen and oxygen atoms in total. The van der Waals surface area contributed by atoms with Gasteiger partial charge in [-0.25, -0.2) is 0 Å². The van der Waals surface area contributed by atoms with Crippen LogP contribution in [0.2, 0.25) is 0 Å². The number of nitriles is 1. The number of allylic oxidation sites excluding steroid dienone is 1. The second kappa shape index (κ2) is 11.3. The number of nitrogens with zero attached hydrogens (tertiary/aromatic N) is 1. The maximum Gasteiger partial charge on any atom is 0.234 e. The highest BCUT2D eigenvalue weighted by Gasteiger charge is 2.30. The average molecular weight is 484 g/mol. The molecule has 34 heavy (non-hydrogen) atoms. The van der Waals surface area contributed by atoms with Crippen LogP contribution in [0.5, 0.6) is 23.0 Å². The quantitative estimate of drug-likeness (QED) is 0.557. The molecule has 0 spiro atoms. The molecule has 2 N–H and O–H groups in total. The molecule has 178 valence electrons. The molecule has 0 aromatic heterocycles. The van der Waals surface area contributed by atoms with Gasteiger partial charge in [-0.2, -0.15) is 5.26 Å². The summed E-state index contributed by atoms with van der Waals surface area (Å²) in [6, 6.07) is 12.5. The summed E-state index contributed by atoms with van der Waals surface area (Å²) in [5, 5.41) is 15.7. The van der Waals surface area contributed by atoms with Gasteiger partial charge in [-0.05, 0) is 29.8 Å². The molecular weight excluding hydrogens is 458 g/mol. The minimum Gasteiger partial charge on any atom is -0.497 e. The number of nitrogens with one attached hydrogen (secondary N) is 2. The largest absolute Gasteiger partial charge is 0.497 e. The van der Waals surface area contributed by atoms with E-state index in [1.165, 1.54) is 28.4 Å². The number of anilines is 1. The van der Waals surface area contributed by atoms with E-state index < -0.39 is 5.92 Å². The van der Waals surface area contributed by atoms with Crippen molar-refractivity contribution < 1.29 is 28.5 Å². The van der Waals surface area contributed by atoms with Gasteiger partial charge in [-0.1, -0.05) is 17.8 Å². The summed E-state index contributed by atoms with van der Waals surface area (Å²) in [5.41, 5.74) is 1.58. The molecule has 1 aliphatic rings. The molecule has 0 fully saturated rings. The number of benzene rings is 2. The normalized spacial score (nSPS) is 15.1. The SMILES string of the molecule is COc1ccc(OC)c(NC(=O)CSC2=C(C#N)C(c3ccc(OC)c(OC)c3)CC(=O)N2)c1. The molecule has 1 aliphatic heterocycles. The summed E-state index contributed by atoms with van der Waals surface area (Å²) in [7, 11) is 6.09. The van der Waals surface area contributed by atoms with E-state index in [0.717, 1.165) is 17.3 Å². The van der Waals surface area contributed by atoms with Crippen molar-refractivity contribution in [2.45, 2.75) is 12.3 Å². The summed E-state index contributed by atoms with van der Waals surface area (Å²) in [4.78, 5) is 25.1. The van der Waals surface area contributed by atoms with Gasteiger partial charge in [0.25, 0.3) is 0 Å². The van der Waals surface area contributed by atoms with E-state index in [0.29, 0.717) is 39.3 Å². The fourth-order valence-corrected chi connectivity index (χ4v) is 4.40. The molecule has 2 aromatic carbocycles. The lowest BCUT2D eigenvalue weighted by Crippen LogP contribution is -2.31. The van der Waals surface area contributed by atoms with E-state index in [9.17, 15) is 14.9 Å². The zero-order chi connectivity index (χ0) is 24.7. The van der Waals surface area contributed by atoms with E-state index >= 15 is 0 Å². The molecule has 2 aromatic rings. The van der Waals surface area contributed by atoms with E-state index in [1.54, 1.807) is 36.4 Å². The Morgan fingerprint density at radius 2 is 1.76 bits per heavy atom. The van der Waals surface area contributed by atoms with Gasteiger partial charge < -0.3 is 29.6 Å². The Balaban J connectivity index is 1.80. The zero-order valence-corrected chi connectivity index (χ0v) is 20.1. The van der Waals surface area contributed by atoms with Crippen LogP contribution in [0.15, 0.2) is 47.0 Å². The van der Waals surface area contributed by atoms with Crippen LogP contribution in [-0.4, -0.2) is 46.0 Å². The van der Waals surface area contributed by atoms with Gasteiger partial charge in [-0.15, -0.1) is 0 Å². The molecule has 2 amide bonds. The predicted molar refractivity (Wildman–Crippen MR) is 128 cm³/mol. The maximum absolute atomic E-state index is 12.6. The van der Waals surface area contributed by atoms with Crippen LogP contribution in [0.4, 0.5) is 5.69 Å². The molecule has 0 saturated heterocycles. The minimum absolute atomic E-state index is 0.0280. The number of thioether (sulfide) groups is 1. The Morgan fingerprint density at radius 3 is 2.41 bits per heavy atom. The van der Waals surface area contributed by atoms with E-state index in [2.05, 4.69) is 16.7 Å². The molecule has 0 radical (unpaired) electrons. The van der Waals surface area contributed by atoms with Crippen molar-refractivity contribution in [3.05, 3.63) is 52.6 Å². The zero-order valence-electron chi connectivity index (χ0n) is 19.3. The predicted octanol–water partition coefficient (Wildman–Crippen LogP) is 3.43. The number of rotatable bonds is 9. The number of hydrogen-bond acceptors (Lipinski definition) is 8. The second-order valence-corrected chi connectivity index (χ2v) is 8.16. The third-order valence-electron chi connectivity index (χ3n) is 5.19. The Kier molecular flexibility index (Phi) is 8.27. The summed E-state index contributed by atoms with van der Waals surface area (Å²) in [6.45, 7) is 0. The maximum atomic E-state index is 12.6. The standard InChI is InChI=1S/C24H25N3O6S/c1-30-15-6-8-19(31-2)18(10-15)26-23(29)13-34-24-17(12-25)16(11-22(28)27-24)14-5-7-20(32-3)21(9-14)33-4/h5-10,16H,11,13H2,1-4H3,(H,26,29)(H,27,28). The van der Waals surface area contributed by atoms with Crippen molar-refractivity contribution in [2.24, 2.45) is 0 Å². The van der Waals surface area contributed by atoms with Crippen LogP contribution in [0, 0.1) is 11.3 Å². The molecular formula is C24H25N3O6S. The van der Waals surface area contributed by atoms with Crippen LogP contribution in [0.25, 0.3) is 0 Å². The number of carbonyl (C=O) groups excluding carboxylic acids is 2. The first-order chi connectivity index (χ1) is 16.4. The summed E-state index contributed by atoms with van der Waals surface area (Å²) >= 11 is 1.09. The van der Waals surface area contributed by atoms with Crippen LogP contribution in [0.1, 0.15) is 17.9 Å². The van der Waals surface area contributed by atoms with Crippen LogP contribution < -0.4 is 29.6 Å². The second-order valence-electron chi connectivity index (χ2n) is 7.18. The number of carbonyl (C=O) groups is 2. The summed E-state index contributed by atoms with van der Waals surface area (Å²) in [5.74, 6) is 1.03. The number of amides is 2. The number of ether oxygens (including phenoxy) is 4. The van der Waals surface area contributed by atoms with Gasteiger partial charge in [0, 0.05) is 18.4 Å². The van der Waals surface area contributed by atoms with E-state index in [-0.39, 0.29) is 24.0 Å². The highest BCUT2D eigenvalue weighted by Crippen LogP contribution is 2.39. The van der Waals surface area contributed by atoms with Crippen molar-refractivity contribution in [1.82, 2.24) is 5.32 Å². The van der Waals surface area contributed by atoms with Gasteiger partial charge >= 0.3 is 0 Å². The Morgan fingerprint density at radius 1 is 1.06 bits per heavy atom. The molecule has 1 atom stereocenters. The Hall–Kier alpha value is -3.84. The van der Waals surface area contributed by atoms with Crippen molar-refractivity contribution in [1.29, 1.82) is 5.26 Å². The Bertz CT molecular complexity index is 1160. The molecule has 3 rings (SSSR count). The highest BCUT2D eigenvalue weighted by molar-refractivity contribution is 8.03. The van der Waals surface area contributed by atoms with Gasteiger partial charge in [0.05, 0.1) is 56.6 Å². The van der Waals surface area contributed by atoms with E-state index in [1.807, 2.05) is 0 Å². The lowest BCUT2D eigenvalue weighted by molar-refractivity contribution is -0.121. The number of hydrogen-bond donors (Lipinski definition) is 2. The monoisotopic (exact) mass is 483 g/mol. The van der Waals surface area contributed by atoms with Gasteiger partial charge in [0.2, 0.25) is 11.8 Å². The topological polar surface area (TPSA) is 119 Å².